The molecule has 0 bridgehead atoms. The molecule has 20 heavy (non-hydrogen) atoms. The fraction of sp³-hybridized carbons (Fsp3) is 0.267. The van der Waals surface area contributed by atoms with Crippen molar-refractivity contribution in [2.24, 2.45) is 0 Å². The topological polar surface area (TPSA) is 72.3 Å². The van der Waals surface area contributed by atoms with E-state index < -0.39 is 5.97 Å². The Labute approximate surface area is 117 Å². The Kier molecular flexibility index (Phi) is 3.70. The van der Waals surface area contributed by atoms with Gasteiger partial charge in [-0.25, -0.2) is 4.79 Å². The Morgan fingerprint density at radius 1 is 1.10 bits per heavy atom. The average Bonchev–Trinajstić information content (AvgIpc) is 2.38. The highest BCUT2D eigenvalue weighted by Gasteiger charge is 2.19. The van der Waals surface area contributed by atoms with E-state index in [4.69, 9.17) is 9.84 Å². The summed E-state index contributed by atoms with van der Waals surface area (Å²) >= 11 is 0. The van der Waals surface area contributed by atoms with Crippen molar-refractivity contribution in [3.8, 4) is 11.6 Å². The number of aromatic nitrogens is 2. The summed E-state index contributed by atoms with van der Waals surface area (Å²) in [6.07, 6.45) is 0. The van der Waals surface area contributed by atoms with Crippen molar-refractivity contribution in [3.63, 3.8) is 0 Å². The third-order valence-corrected chi connectivity index (χ3v) is 2.77. The number of para-hydroxylation sites is 1. The molecule has 0 saturated heterocycles. The Hall–Kier alpha value is -2.43. The van der Waals surface area contributed by atoms with Crippen LogP contribution in [0.4, 0.5) is 0 Å². The van der Waals surface area contributed by atoms with Gasteiger partial charge in [-0.3, -0.25) is 0 Å². The van der Waals surface area contributed by atoms with Crippen molar-refractivity contribution in [2.75, 3.05) is 0 Å². The predicted octanol–water partition coefficient (Wildman–Crippen LogP) is 3.26. The van der Waals surface area contributed by atoms with Crippen molar-refractivity contribution in [1.82, 2.24) is 10.2 Å². The summed E-state index contributed by atoms with van der Waals surface area (Å²) in [4.78, 5) is 10.7. The highest BCUT2D eigenvalue weighted by atomic mass is 16.5. The Morgan fingerprint density at radius 2 is 1.80 bits per heavy atom. The van der Waals surface area contributed by atoms with Crippen LogP contribution >= 0.6 is 0 Å². The Morgan fingerprint density at radius 3 is 2.35 bits per heavy atom. The second-order valence-electron chi connectivity index (χ2n) is 5.41. The van der Waals surface area contributed by atoms with E-state index in [1.807, 2.05) is 24.3 Å². The summed E-state index contributed by atoms with van der Waals surface area (Å²) in [5, 5.41) is 16.1. The minimum Gasteiger partial charge on any atom is -0.476 e. The Bertz CT molecular complexity index is 616. The molecule has 2 aromatic rings. The lowest BCUT2D eigenvalue weighted by molar-refractivity contribution is 0.0689. The zero-order valence-corrected chi connectivity index (χ0v) is 11.6. The first kappa shape index (κ1) is 14.0. The summed E-state index contributed by atoms with van der Waals surface area (Å²) in [7, 11) is 0. The first-order chi connectivity index (χ1) is 9.38. The molecule has 1 aromatic heterocycles. The number of rotatable bonds is 3. The number of carboxylic acids is 1. The monoisotopic (exact) mass is 272 g/mol. The first-order valence-electron chi connectivity index (χ1n) is 6.22. The second-order valence-corrected chi connectivity index (χ2v) is 5.41. The molecule has 1 heterocycles. The highest BCUT2D eigenvalue weighted by molar-refractivity contribution is 5.84. The smallest absolute Gasteiger partial charge is 0.356 e. The van der Waals surface area contributed by atoms with E-state index in [1.54, 1.807) is 0 Å². The third kappa shape index (κ3) is 3.12. The molecule has 0 amide bonds. The van der Waals surface area contributed by atoms with Gasteiger partial charge in [0.25, 0.3) is 0 Å². The molecule has 5 nitrogen and oxygen atoms in total. The summed E-state index contributed by atoms with van der Waals surface area (Å²) in [5.74, 6) is -0.150. The van der Waals surface area contributed by atoms with Crippen LogP contribution in [0.2, 0.25) is 0 Å². The third-order valence-electron chi connectivity index (χ3n) is 2.77. The molecule has 0 atom stereocenters. The van der Waals surface area contributed by atoms with Crippen LogP contribution in [0.1, 0.15) is 36.8 Å². The molecule has 0 aliphatic rings. The normalized spacial score (nSPS) is 11.2. The van der Waals surface area contributed by atoms with E-state index in [2.05, 4.69) is 31.0 Å². The molecule has 0 spiro atoms. The summed E-state index contributed by atoms with van der Waals surface area (Å²) in [6, 6.07) is 10.5. The van der Waals surface area contributed by atoms with E-state index in [9.17, 15) is 4.79 Å². The molecule has 0 aliphatic heterocycles. The maximum atomic E-state index is 10.7. The molecule has 0 fully saturated rings. The lowest BCUT2D eigenvalue weighted by Gasteiger charge is -2.22. The zero-order valence-electron chi connectivity index (χ0n) is 11.6. The fourth-order valence-electron chi connectivity index (χ4n) is 1.78. The van der Waals surface area contributed by atoms with Crippen molar-refractivity contribution in [3.05, 3.63) is 47.7 Å². The average molecular weight is 272 g/mol. The van der Waals surface area contributed by atoms with Crippen LogP contribution in [0.5, 0.6) is 11.6 Å². The van der Waals surface area contributed by atoms with Crippen LogP contribution in [0.3, 0.4) is 0 Å². The molecule has 1 N–H and O–H groups in total. The zero-order chi connectivity index (χ0) is 14.8. The largest absolute Gasteiger partial charge is 0.476 e. The number of hydrogen-bond donors (Lipinski definition) is 1. The number of hydrogen-bond acceptors (Lipinski definition) is 4. The van der Waals surface area contributed by atoms with E-state index in [0.717, 1.165) is 5.56 Å². The van der Waals surface area contributed by atoms with Crippen LogP contribution in [0.25, 0.3) is 0 Å². The van der Waals surface area contributed by atoms with Gasteiger partial charge in [0.2, 0.25) is 5.88 Å². The van der Waals surface area contributed by atoms with Crippen LogP contribution in [0.15, 0.2) is 36.4 Å². The van der Waals surface area contributed by atoms with E-state index in [1.165, 1.54) is 12.1 Å². The maximum absolute atomic E-state index is 10.7. The van der Waals surface area contributed by atoms with Gasteiger partial charge >= 0.3 is 5.97 Å². The lowest BCUT2D eigenvalue weighted by atomic mass is 9.86. The molecule has 0 saturated carbocycles. The molecule has 2 rings (SSSR count). The van der Waals surface area contributed by atoms with Gasteiger partial charge in [-0.15, -0.1) is 10.2 Å². The maximum Gasteiger partial charge on any atom is 0.356 e. The molecule has 1 aromatic carbocycles. The van der Waals surface area contributed by atoms with Crippen molar-refractivity contribution < 1.29 is 14.6 Å². The minimum absolute atomic E-state index is 0.0645. The van der Waals surface area contributed by atoms with Gasteiger partial charge in [0.1, 0.15) is 5.75 Å². The standard InChI is InChI=1S/C15H16N2O3/c1-15(2,3)10-6-4-5-7-12(10)20-13-9-8-11(14(18)19)16-17-13/h4-9H,1-3H3,(H,18,19). The van der Waals surface area contributed by atoms with Crippen LogP contribution in [0, 0.1) is 0 Å². The minimum atomic E-state index is -1.11. The van der Waals surface area contributed by atoms with Gasteiger partial charge in [-0.2, -0.15) is 0 Å². The lowest BCUT2D eigenvalue weighted by Crippen LogP contribution is -2.12. The van der Waals surface area contributed by atoms with E-state index in [0.29, 0.717) is 5.75 Å². The number of carbonyl (C=O) groups is 1. The molecular weight excluding hydrogens is 256 g/mol. The second kappa shape index (κ2) is 5.28. The quantitative estimate of drug-likeness (QED) is 0.928. The van der Waals surface area contributed by atoms with E-state index >= 15 is 0 Å². The summed E-state index contributed by atoms with van der Waals surface area (Å²) in [5.41, 5.74) is 0.871. The van der Waals surface area contributed by atoms with Gasteiger partial charge in [-0.05, 0) is 17.5 Å². The SMILES string of the molecule is CC(C)(C)c1ccccc1Oc1ccc(C(=O)O)nn1. The number of benzene rings is 1. The molecular formula is C15H16N2O3. The summed E-state index contributed by atoms with van der Waals surface area (Å²) in [6.45, 7) is 6.27. The fourth-order valence-corrected chi connectivity index (χ4v) is 1.78. The van der Waals surface area contributed by atoms with Crippen LogP contribution in [-0.4, -0.2) is 21.3 Å². The van der Waals surface area contributed by atoms with Crippen LogP contribution in [-0.2, 0) is 5.41 Å². The molecule has 104 valence electrons. The number of ether oxygens (including phenoxy) is 1. The van der Waals surface area contributed by atoms with Gasteiger partial charge < -0.3 is 9.84 Å². The van der Waals surface area contributed by atoms with Crippen molar-refractivity contribution in [1.29, 1.82) is 0 Å². The number of nitrogens with zero attached hydrogens (tertiary/aromatic N) is 2. The molecule has 0 aliphatic carbocycles. The van der Waals surface area contributed by atoms with Gasteiger partial charge in [0, 0.05) is 11.6 Å². The van der Waals surface area contributed by atoms with Gasteiger partial charge in [0.15, 0.2) is 5.69 Å². The number of carboxylic acid groups (broad SMARTS) is 1. The van der Waals surface area contributed by atoms with Crippen molar-refractivity contribution in [2.45, 2.75) is 26.2 Å². The first-order valence-corrected chi connectivity index (χ1v) is 6.22. The Balaban J connectivity index is 2.28. The molecule has 0 radical (unpaired) electrons. The summed E-state index contributed by atoms with van der Waals surface area (Å²) < 4.78 is 5.70. The predicted molar refractivity (Wildman–Crippen MR) is 74.2 cm³/mol. The van der Waals surface area contributed by atoms with Gasteiger partial charge in [0.05, 0.1) is 0 Å². The van der Waals surface area contributed by atoms with Crippen LogP contribution < -0.4 is 4.74 Å². The number of aromatic carboxylic acids is 1. The van der Waals surface area contributed by atoms with Crippen molar-refractivity contribution >= 4 is 5.97 Å². The van der Waals surface area contributed by atoms with E-state index in [-0.39, 0.29) is 17.0 Å². The van der Waals surface area contributed by atoms with Gasteiger partial charge in [-0.1, -0.05) is 39.0 Å². The molecule has 5 heteroatoms. The molecule has 0 unspecified atom stereocenters. The highest BCUT2D eigenvalue weighted by Crippen LogP contribution is 2.33.